The zero-order valence-corrected chi connectivity index (χ0v) is 12.7. The van der Waals surface area contributed by atoms with Gasteiger partial charge in [-0.1, -0.05) is 0 Å². The molecule has 1 aromatic rings. The zero-order chi connectivity index (χ0) is 15.4. The van der Waals surface area contributed by atoms with Gasteiger partial charge in [0.25, 0.3) is 0 Å². The molecule has 0 radical (unpaired) electrons. The first-order chi connectivity index (χ1) is 10.1. The molecule has 0 bridgehead atoms. The predicted octanol–water partition coefficient (Wildman–Crippen LogP) is 1.30. The van der Waals surface area contributed by atoms with Crippen LogP contribution < -0.4 is 10.6 Å². The maximum atomic E-state index is 11.8. The lowest BCUT2D eigenvalue weighted by atomic mass is 10.1. The highest BCUT2D eigenvalue weighted by Crippen LogP contribution is 2.29. The van der Waals surface area contributed by atoms with Crippen LogP contribution in [0, 0.1) is 0 Å². The molecule has 2 unspecified atom stereocenters. The van der Waals surface area contributed by atoms with Gasteiger partial charge in [0.15, 0.2) is 0 Å². The molecule has 1 saturated heterocycles. The van der Waals surface area contributed by atoms with E-state index >= 15 is 0 Å². The Balaban J connectivity index is 2.23. The average molecular weight is 294 g/mol. The van der Waals surface area contributed by atoms with Gasteiger partial charge in [-0.3, -0.25) is 0 Å². The zero-order valence-electron chi connectivity index (χ0n) is 12.7. The Morgan fingerprint density at radius 2 is 1.90 bits per heavy atom. The van der Waals surface area contributed by atoms with E-state index in [1.54, 1.807) is 39.3 Å². The van der Waals surface area contributed by atoms with Gasteiger partial charge in [0.1, 0.15) is 12.2 Å². The molecular weight excluding hydrogens is 272 g/mol. The van der Waals surface area contributed by atoms with Crippen LogP contribution in [0.25, 0.3) is 0 Å². The first kappa shape index (κ1) is 15.6. The molecule has 1 aliphatic heterocycles. The second kappa shape index (κ2) is 6.78. The van der Waals surface area contributed by atoms with Crippen LogP contribution in [-0.4, -0.2) is 52.1 Å². The van der Waals surface area contributed by atoms with E-state index < -0.39 is 0 Å². The summed E-state index contributed by atoms with van der Waals surface area (Å²) in [5.74, 6) is -0.343. The predicted molar refractivity (Wildman–Crippen MR) is 80.6 cm³/mol. The highest BCUT2D eigenvalue weighted by atomic mass is 16.5. The van der Waals surface area contributed by atoms with Crippen molar-refractivity contribution < 1.29 is 19.0 Å². The minimum atomic E-state index is -0.343. The van der Waals surface area contributed by atoms with Crippen LogP contribution in [0.2, 0.25) is 0 Å². The summed E-state index contributed by atoms with van der Waals surface area (Å²) in [4.78, 5) is 13.9. The lowest BCUT2D eigenvalue weighted by Gasteiger charge is -2.20. The van der Waals surface area contributed by atoms with E-state index in [-0.39, 0.29) is 18.2 Å². The number of ether oxygens (including phenoxy) is 3. The van der Waals surface area contributed by atoms with Crippen LogP contribution in [0.3, 0.4) is 0 Å². The van der Waals surface area contributed by atoms with Crippen molar-refractivity contribution in [2.45, 2.75) is 19.1 Å². The number of carbonyl (C=O) groups excluding carboxylic acids is 1. The number of benzene rings is 1. The highest BCUT2D eigenvalue weighted by Gasteiger charge is 2.34. The fourth-order valence-electron chi connectivity index (χ4n) is 2.55. The molecule has 0 aromatic heterocycles. The maximum Gasteiger partial charge on any atom is 0.338 e. The Kier molecular flexibility index (Phi) is 5.03. The van der Waals surface area contributed by atoms with E-state index in [4.69, 9.17) is 19.9 Å². The Morgan fingerprint density at radius 3 is 2.43 bits per heavy atom. The van der Waals surface area contributed by atoms with Gasteiger partial charge in [-0.25, -0.2) is 4.79 Å². The standard InChI is InChI=1S/C15H22N2O4/c1-4-21-15(18)10-5-6-11(16)12(7-10)17-8-13(19-2)14(9-17)20-3/h5-7,13-14H,4,8-9,16H2,1-3H3. The molecule has 2 atom stereocenters. The van der Waals surface area contributed by atoms with Crippen LogP contribution in [0.4, 0.5) is 11.4 Å². The van der Waals surface area contributed by atoms with Crippen LogP contribution >= 0.6 is 0 Å². The summed E-state index contributed by atoms with van der Waals surface area (Å²) in [6, 6.07) is 5.16. The summed E-state index contributed by atoms with van der Waals surface area (Å²) < 4.78 is 15.9. The fourth-order valence-corrected chi connectivity index (χ4v) is 2.55. The number of carbonyl (C=O) groups is 1. The minimum absolute atomic E-state index is 0.0133. The lowest BCUT2D eigenvalue weighted by Crippen LogP contribution is -2.27. The summed E-state index contributed by atoms with van der Waals surface area (Å²) >= 11 is 0. The Bertz CT molecular complexity index is 494. The molecule has 0 aliphatic carbocycles. The molecule has 1 aliphatic rings. The minimum Gasteiger partial charge on any atom is -0.462 e. The Labute approximate surface area is 124 Å². The topological polar surface area (TPSA) is 74.0 Å². The van der Waals surface area contributed by atoms with E-state index in [1.807, 2.05) is 0 Å². The van der Waals surface area contributed by atoms with Crippen LogP contribution in [0.15, 0.2) is 18.2 Å². The van der Waals surface area contributed by atoms with E-state index in [0.29, 0.717) is 30.9 Å². The van der Waals surface area contributed by atoms with Crippen LogP contribution in [0.5, 0.6) is 0 Å². The number of nitrogen functional groups attached to an aromatic ring is 1. The normalized spacial score (nSPS) is 21.6. The van der Waals surface area contributed by atoms with Gasteiger partial charge >= 0.3 is 5.97 Å². The molecule has 0 saturated carbocycles. The number of nitrogens with two attached hydrogens (primary N) is 1. The third kappa shape index (κ3) is 3.28. The first-order valence-electron chi connectivity index (χ1n) is 6.97. The summed E-state index contributed by atoms with van der Waals surface area (Å²) in [7, 11) is 3.33. The smallest absolute Gasteiger partial charge is 0.338 e. The Hall–Kier alpha value is -1.79. The van der Waals surface area contributed by atoms with Crippen molar-refractivity contribution in [2.75, 3.05) is 44.5 Å². The quantitative estimate of drug-likeness (QED) is 0.651. The molecule has 0 amide bonds. The number of hydrogen-bond donors (Lipinski definition) is 1. The van der Waals surface area contributed by atoms with E-state index in [0.717, 1.165) is 5.69 Å². The molecule has 1 aromatic carbocycles. The third-order valence-electron chi connectivity index (χ3n) is 3.70. The molecule has 1 fully saturated rings. The maximum absolute atomic E-state index is 11.8. The van der Waals surface area contributed by atoms with E-state index in [2.05, 4.69) is 4.90 Å². The summed E-state index contributed by atoms with van der Waals surface area (Å²) in [6.45, 7) is 3.47. The second-order valence-corrected chi connectivity index (χ2v) is 4.95. The number of anilines is 2. The van der Waals surface area contributed by atoms with E-state index in [9.17, 15) is 4.79 Å². The summed E-state index contributed by atoms with van der Waals surface area (Å²) in [5.41, 5.74) is 7.97. The molecule has 6 nitrogen and oxygen atoms in total. The SMILES string of the molecule is CCOC(=O)c1ccc(N)c(N2CC(OC)C(OC)C2)c1. The second-order valence-electron chi connectivity index (χ2n) is 4.95. The number of rotatable bonds is 5. The van der Waals surface area contributed by atoms with Gasteiger partial charge in [-0.2, -0.15) is 0 Å². The number of hydrogen-bond acceptors (Lipinski definition) is 6. The molecule has 1 heterocycles. The van der Waals surface area contributed by atoms with Crippen molar-refractivity contribution in [1.82, 2.24) is 0 Å². The van der Waals surface area contributed by atoms with Crippen molar-refractivity contribution >= 4 is 17.3 Å². The number of nitrogens with zero attached hydrogens (tertiary/aromatic N) is 1. The Morgan fingerprint density at radius 1 is 1.29 bits per heavy atom. The fraction of sp³-hybridized carbons (Fsp3) is 0.533. The van der Waals surface area contributed by atoms with Crippen molar-refractivity contribution in [1.29, 1.82) is 0 Å². The summed E-state index contributed by atoms with van der Waals surface area (Å²) in [5, 5.41) is 0. The van der Waals surface area contributed by atoms with Gasteiger partial charge in [-0.05, 0) is 25.1 Å². The largest absolute Gasteiger partial charge is 0.462 e. The van der Waals surface area contributed by atoms with Crippen LogP contribution in [-0.2, 0) is 14.2 Å². The monoisotopic (exact) mass is 294 g/mol. The molecule has 116 valence electrons. The molecule has 2 N–H and O–H groups in total. The molecule has 21 heavy (non-hydrogen) atoms. The van der Waals surface area contributed by atoms with Gasteiger partial charge in [-0.15, -0.1) is 0 Å². The third-order valence-corrected chi connectivity index (χ3v) is 3.70. The van der Waals surface area contributed by atoms with Gasteiger partial charge in [0, 0.05) is 27.3 Å². The first-order valence-corrected chi connectivity index (χ1v) is 6.97. The van der Waals surface area contributed by atoms with Crippen molar-refractivity contribution in [3.05, 3.63) is 23.8 Å². The van der Waals surface area contributed by atoms with Gasteiger partial charge in [0.05, 0.1) is 23.5 Å². The molecule has 6 heteroatoms. The lowest BCUT2D eigenvalue weighted by molar-refractivity contribution is -0.00461. The highest BCUT2D eigenvalue weighted by molar-refractivity contribution is 5.92. The molecule has 2 rings (SSSR count). The van der Waals surface area contributed by atoms with E-state index in [1.165, 1.54) is 0 Å². The van der Waals surface area contributed by atoms with Gasteiger partial charge < -0.3 is 24.8 Å². The van der Waals surface area contributed by atoms with Gasteiger partial charge in [0.2, 0.25) is 0 Å². The molecule has 0 spiro atoms. The van der Waals surface area contributed by atoms with Crippen LogP contribution in [0.1, 0.15) is 17.3 Å². The van der Waals surface area contributed by atoms with Crippen molar-refractivity contribution in [3.63, 3.8) is 0 Å². The molecular formula is C15H22N2O4. The summed E-state index contributed by atoms with van der Waals surface area (Å²) in [6.07, 6.45) is -0.0266. The average Bonchev–Trinajstić information content (AvgIpc) is 2.91. The number of esters is 1. The number of methoxy groups -OCH3 is 2. The van der Waals surface area contributed by atoms with Crippen molar-refractivity contribution in [2.24, 2.45) is 0 Å². The van der Waals surface area contributed by atoms with Crippen molar-refractivity contribution in [3.8, 4) is 0 Å².